The number of hydrogen-bond acceptors (Lipinski definition) is 3. The van der Waals surface area contributed by atoms with Crippen LogP contribution < -0.4 is 5.32 Å². The minimum atomic E-state index is -0.180. The number of carbonyl (C=O) groups is 1. The highest BCUT2D eigenvalue weighted by Gasteiger charge is 2.35. The molecule has 2 N–H and O–H groups in total. The number of amides is 1. The van der Waals surface area contributed by atoms with Gasteiger partial charge in [0.2, 0.25) is 5.82 Å². The van der Waals surface area contributed by atoms with Gasteiger partial charge in [-0.05, 0) is 12.3 Å². The van der Waals surface area contributed by atoms with Gasteiger partial charge in [-0.15, -0.1) is 5.10 Å². The summed E-state index contributed by atoms with van der Waals surface area (Å²) in [7, 11) is 0. The molecule has 5 nitrogen and oxygen atoms in total. The number of nitrogens with zero attached hydrogens (tertiary/aromatic N) is 2. The fourth-order valence-corrected chi connectivity index (χ4v) is 1.45. The maximum absolute atomic E-state index is 11.7. The van der Waals surface area contributed by atoms with Crippen molar-refractivity contribution in [3.63, 3.8) is 0 Å². The molecule has 88 valence electrons. The quantitative estimate of drug-likeness (QED) is 0.791. The van der Waals surface area contributed by atoms with Crippen molar-refractivity contribution in [2.75, 3.05) is 0 Å². The van der Waals surface area contributed by atoms with Crippen molar-refractivity contribution >= 4 is 5.91 Å². The molecule has 5 heteroatoms. The van der Waals surface area contributed by atoms with Gasteiger partial charge in [-0.2, -0.15) is 0 Å². The predicted octanol–water partition coefficient (Wildman–Crippen LogP) is 1.24. The molecular weight excluding hydrogens is 204 g/mol. The van der Waals surface area contributed by atoms with E-state index in [1.807, 2.05) is 20.8 Å². The first kappa shape index (κ1) is 11.1. The largest absolute Gasteiger partial charge is 0.346 e. The average molecular weight is 222 g/mol. The van der Waals surface area contributed by atoms with Crippen molar-refractivity contribution in [1.29, 1.82) is 0 Å². The van der Waals surface area contributed by atoms with Crippen LogP contribution in [0.1, 0.15) is 50.6 Å². The van der Waals surface area contributed by atoms with Crippen molar-refractivity contribution in [2.45, 2.75) is 45.6 Å². The first-order valence-electron chi connectivity index (χ1n) is 5.61. The maximum atomic E-state index is 11.7. The van der Waals surface area contributed by atoms with Crippen LogP contribution in [0.4, 0.5) is 0 Å². The summed E-state index contributed by atoms with van der Waals surface area (Å²) < 4.78 is 0. The summed E-state index contributed by atoms with van der Waals surface area (Å²) in [5, 5.41) is 9.65. The van der Waals surface area contributed by atoms with E-state index in [1.54, 1.807) is 0 Å². The molecule has 1 aliphatic rings. The first-order chi connectivity index (χ1) is 7.38. The van der Waals surface area contributed by atoms with Gasteiger partial charge < -0.3 is 5.32 Å². The number of carbonyl (C=O) groups excluding carboxylic acids is 1. The average Bonchev–Trinajstić information content (AvgIpc) is 2.70. The van der Waals surface area contributed by atoms with E-state index in [4.69, 9.17) is 0 Å². The minimum absolute atomic E-state index is 0.113. The highest BCUT2D eigenvalue weighted by Crippen LogP contribution is 2.29. The van der Waals surface area contributed by atoms with Gasteiger partial charge in [0.1, 0.15) is 5.82 Å². The van der Waals surface area contributed by atoms with Crippen molar-refractivity contribution in [1.82, 2.24) is 20.5 Å². The summed E-state index contributed by atoms with van der Waals surface area (Å²) in [6, 6.07) is 0.309. The standard InChI is InChI=1S/C11H18N4O/c1-6-5-7(6)12-9(16)8-13-10(15-14-8)11(2,3)4/h6-7H,5H2,1-4H3,(H,12,16)(H,13,14,15). The zero-order valence-electron chi connectivity index (χ0n) is 10.2. The maximum Gasteiger partial charge on any atom is 0.291 e. The highest BCUT2D eigenvalue weighted by molar-refractivity contribution is 5.90. The lowest BCUT2D eigenvalue weighted by atomic mass is 9.96. The molecule has 1 saturated carbocycles. The molecule has 1 fully saturated rings. The Hall–Kier alpha value is -1.39. The lowest BCUT2D eigenvalue weighted by Crippen LogP contribution is -2.27. The Morgan fingerprint density at radius 1 is 1.50 bits per heavy atom. The van der Waals surface area contributed by atoms with E-state index in [-0.39, 0.29) is 17.1 Å². The van der Waals surface area contributed by atoms with Crippen LogP contribution in [-0.2, 0) is 5.41 Å². The zero-order chi connectivity index (χ0) is 11.9. The summed E-state index contributed by atoms with van der Waals surface area (Å²) in [6.45, 7) is 8.19. The van der Waals surface area contributed by atoms with Crippen LogP contribution in [-0.4, -0.2) is 27.1 Å². The van der Waals surface area contributed by atoms with E-state index in [0.29, 0.717) is 12.0 Å². The summed E-state index contributed by atoms with van der Waals surface area (Å²) in [4.78, 5) is 15.9. The van der Waals surface area contributed by atoms with Gasteiger partial charge in [0, 0.05) is 11.5 Å². The van der Waals surface area contributed by atoms with Gasteiger partial charge in [0.15, 0.2) is 0 Å². The molecule has 0 aliphatic heterocycles. The highest BCUT2D eigenvalue weighted by atomic mass is 16.2. The van der Waals surface area contributed by atoms with E-state index < -0.39 is 0 Å². The van der Waals surface area contributed by atoms with Crippen LogP contribution in [0, 0.1) is 5.92 Å². The van der Waals surface area contributed by atoms with E-state index in [0.717, 1.165) is 12.2 Å². The zero-order valence-corrected chi connectivity index (χ0v) is 10.2. The molecule has 1 heterocycles. The smallest absolute Gasteiger partial charge is 0.291 e. The molecular formula is C11H18N4O. The molecule has 1 aromatic heterocycles. The van der Waals surface area contributed by atoms with Gasteiger partial charge in [-0.1, -0.05) is 27.7 Å². The van der Waals surface area contributed by atoms with Gasteiger partial charge >= 0.3 is 0 Å². The van der Waals surface area contributed by atoms with Gasteiger partial charge in [0.25, 0.3) is 5.91 Å². The van der Waals surface area contributed by atoms with Crippen molar-refractivity contribution in [2.24, 2.45) is 5.92 Å². The summed E-state index contributed by atoms with van der Waals surface area (Å²) in [6.07, 6.45) is 1.06. The Kier molecular flexibility index (Phi) is 2.48. The first-order valence-corrected chi connectivity index (χ1v) is 5.61. The molecule has 0 saturated heterocycles. The second kappa shape index (κ2) is 3.57. The SMILES string of the molecule is CC1CC1NC(=O)c1n[nH]c(C(C)(C)C)n1. The molecule has 16 heavy (non-hydrogen) atoms. The number of aromatic amines is 1. The fourth-order valence-electron chi connectivity index (χ4n) is 1.45. The second-order valence-electron chi connectivity index (χ2n) is 5.55. The number of hydrogen-bond donors (Lipinski definition) is 2. The molecule has 1 amide bonds. The molecule has 0 aromatic carbocycles. The Labute approximate surface area is 95.0 Å². The van der Waals surface area contributed by atoms with Crippen LogP contribution in [0.5, 0.6) is 0 Å². The molecule has 1 aliphatic carbocycles. The molecule has 0 bridgehead atoms. The normalized spacial score (nSPS) is 24.2. The molecule has 2 rings (SSSR count). The third-order valence-electron chi connectivity index (χ3n) is 2.82. The van der Waals surface area contributed by atoms with Crippen LogP contribution >= 0.6 is 0 Å². The second-order valence-corrected chi connectivity index (χ2v) is 5.55. The Balaban J connectivity index is 2.04. The Morgan fingerprint density at radius 3 is 2.56 bits per heavy atom. The lowest BCUT2D eigenvalue weighted by molar-refractivity contribution is 0.0939. The molecule has 0 radical (unpaired) electrons. The minimum Gasteiger partial charge on any atom is -0.346 e. The third kappa shape index (κ3) is 2.23. The van der Waals surface area contributed by atoms with E-state index in [9.17, 15) is 4.79 Å². The molecule has 1 aromatic rings. The molecule has 0 spiro atoms. The third-order valence-corrected chi connectivity index (χ3v) is 2.82. The summed E-state index contributed by atoms with van der Waals surface area (Å²) in [5.41, 5.74) is -0.113. The summed E-state index contributed by atoms with van der Waals surface area (Å²) in [5.74, 6) is 1.39. The topological polar surface area (TPSA) is 70.7 Å². The lowest BCUT2D eigenvalue weighted by Gasteiger charge is -2.12. The van der Waals surface area contributed by atoms with E-state index in [2.05, 4.69) is 27.4 Å². The van der Waals surface area contributed by atoms with Gasteiger partial charge in [0.05, 0.1) is 0 Å². The van der Waals surface area contributed by atoms with Crippen LogP contribution in [0.2, 0.25) is 0 Å². The van der Waals surface area contributed by atoms with Crippen LogP contribution in [0.25, 0.3) is 0 Å². The predicted molar refractivity (Wildman–Crippen MR) is 60.1 cm³/mol. The number of aromatic nitrogens is 3. The molecule has 2 unspecified atom stereocenters. The fraction of sp³-hybridized carbons (Fsp3) is 0.727. The number of H-pyrrole nitrogens is 1. The van der Waals surface area contributed by atoms with E-state index >= 15 is 0 Å². The Bertz CT molecular complexity index is 404. The van der Waals surface area contributed by atoms with E-state index in [1.165, 1.54) is 0 Å². The van der Waals surface area contributed by atoms with Crippen molar-refractivity contribution < 1.29 is 4.79 Å². The number of rotatable bonds is 2. The summed E-state index contributed by atoms with van der Waals surface area (Å²) >= 11 is 0. The number of nitrogens with one attached hydrogen (secondary N) is 2. The van der Waals surface area contributed by atoms with Crippen LogP contribution in [0.15, 0.2) is 0 Å². The van der Waals surface area contributed by atoms with Crippen molar-refractivity contribution in [3.8, 4) is 0 Å². The van der Waals surface area contributed by atoms with Crippen molar-refractivity contribution in [3.05, 3.63) is 11.6 Å². The van der Waals surface area contributed by atoms with Gasteiger partial charge in [-0.25, -0.2) is 4.98 Å². The Morgan fingerprint density at radius 2 is 2.12 bits per heavy atom. The van der Waals surface area contributed by atoms with Crippen LogP contribution in [0.3, 0.4) is 0 Å². The monoisotopic (exact) mass is 222 g/mol. The molecule has 2 atom stereocenters. The van der Waals surface area contributed by atoms with Gasteiger partial charge in [-0.3, -0.25) is 9.89 Å².